The number of urea groups is 1. The van der Waals surface area contributed by atoms with E-state index >= 15 is 0 Å². The van der Waals surface area contributed by atoms with E-state index in [9.17, 15) is 4.79 Å². The van der Waals surface area contributed by atoms with Crippen LogP contribution in [0.3, 0.4) is 0 Å². The van der Waals surface area contributed by atoms with Crippen LogP contribution in [0.4, 0.5) is 10.6 Å². The van der Waals surface area contributed by atoms with Crippen molar-refractivity contribution in [1.29, 1.82) is 0 Å². The minimum Gasteiger partial charge on any atom is -0.479 e. The van der Waals surface area contributed by atoms with Gasteiger partial charge >= 0.3 is 6.03 Å². The lowest BCUT2D eigenvalue weighted by Gasteiger charge is -2.13. The topological polar surface area (TPSA) is 95.2 Å². The van der Waals surface area contributed by atoms with E-state index in [1.165, 1.54) is 0 Å². The first-order chi connectivity index (χ1) is 10.2. The number of fused-ring (bicyclic) bond motifs is 1. The second-order valence-electron chi connectivity index (χ2n) is 5.19. The summed E-state index contributed by atoms with van der Waals surface area (Å²) < 4.78 is 5.10. The van der Waals surface area contributed by atoms with Gasteiger partial charge in [-0.2, -0.15) is 0 Å². The third-order valence-electron chi connectivity index (χ3n) is 3.57. The van der Waals surface area contributed by atoms with Crippen molar-refractivity contribution < 1.29 is 9.53 Å². The number of carbonyl (C=O) groups excluding carboxylic acids is 1. The van der Waals surface area contributed by atoms with Crippen molar-refractivity contribution in [1.82, 2.24) is 25.4 Å². The van der Waals surface area contributed by atoms with Gasteiger partial charge in [-0.1, -0.05) is 0 Å². The van der Waals surface area contributed by atoms with E-state index in [0.29, 0.717) is 11.7 Å². The summed E-state index contributed by atoms with van der Waals surface area (Å²) in [5.74, 6) is 0.958. The maximum atomic E-state index is 11.9. The number of methoxy groups -OCH3 is 1. The molecule has 1 saturated heterocycles. The number of rotatable bonds is 3. The molecule has 1 aliphatic rings. The molecule has 3 N–H and O–H groups in total. The Balaban J connectivity index is 1.65. The number of ether oxygens (including phenoxy) is 1. The van der Waals surface area contributed by atoms with Gasteiger partial charge in [0.1, 0.15) is 5.82 Å². The summed E-state index contributed by atoms with van der Waals surface area (Å²) in [7, 11) is 3.59. The molecule has 2 amide bonds. The van der Waals surface area contributed by atoms with Crippen LogP contribution < -0.4 is 15.4 Å². The number of nitrogens with zero attached hydrogens (tertiary/aromatic N) is 3. The number of aromatic nitrogens is 3. The molecule has 2 aromatic heterocycles. The minimum atomic E-state index is -0.242. The molecule has 0 spiro atoms. The van der Waals surface area contributed by atoms with Gasteiger partial charge in [-0.05, 0) is 20.0 Å². The molecule has 21 heavy (non-hydrogen) atoms. The number of hydrogen-bond donors (Lipinski definition) is 3. The molecule has 0 radical (unpaired) electrons. The predicted octanol–water partition coefficient (Wildman–Crippen LogP) is 0.792. The van der Waals surface area contributed by atoms with Gasteiger partial charge in [-0.3, -0.25) is 10.4 Å². The quantitative estimate of drug-likeness (QED) is 0.777. The van der Waals surface area contributed by atoms with Gasteiger partial charge in [0.05, 0.1) is 18.0 Å². The van der Waals surface area contributed by atoms with Gasteiger partial charge in [0.2, 0.25) is 5.88 Å². The number of nitrogens with one attached hydrogen (secondary N) is 3. The Labute approximate surface area is 121 Å². The molecule has 0 bridgehead atoms. The van der Waals surface area contributed by atoms with Gasteiger partial charge in [-0.25, -0.2) is 9.78 Å². The van der Waals surface area contributed by atoms with Gasteiger partial charge < -0.3 is 15.0 Å². The van der Waals surface area contributed by atoms with Crippen LogP contribution >= 0.6 is 0 Å². The van der Waals surface area contributed by atoms with E-state index in [2.05, 4.69) is 30.7 Å². The lowest BCUT2D eigenvalue weighted by atomic mass is 10.3. The first kappa shape index (κ1) is 13.6. The van der Waals surface area contributed by atoms with Crippen LogP contribution in [-0.4, -0.2) is 59.4 Å². The molecule has 0 aliphatic carbocycles. The van der Waals surface area contributed by atoms with E-state index in [0.717, 1.165) is 30.4 Å². The van der Waals surface area contributed by atoms with Crippen molar-refractivity contribution in [2.75, 3.05) is 32.6 Å². The van der Waals surface area contributed by atoms with Crippen LogP contribution in [0.5, 0.6) is 5.88 Å². The second-order valence-corrected chi connectivity index (χ2v) is 5.19. The fourth-order valence-corrected chi connectivity index (χ4v) is 2.50. The van der Waals surface area contributed by atoms with Crippen LogP contribution in [0, 0.1) is 0 Å². The number of likely N-dealkylation sites (tertiary alicyclic amines) is 1. The predicted molar refractivity (Wildman–Crippen MR) is 78.5 cm³/mol. The van der Waals surface area contributed by atoms with Crippen molar-refractivity contribution >= 4 is 22.8 Å². The Morgan fingerprint density at radius 1 is 1.57 bits per heavy atom. The fourth-order valence-electron chi connectivity index (χ4n) is 2.50. The molecule has 0 aromatic carbocycles. The zero-order valence-electron chi connectivity index (χ0n) is 12.0. The molecule has 1 fully saturated rings. The molecule has 1 atom stereocenters. The normalized spacial score (nSPS) is 18.9. The van der Waals surface area contributed by atoms with Gasteiger partial charge in [0, 0.05) is 24.8 Å². The number of H-pyrrole nitrogens is 1. The van der Waals surface area contributed by atoms with E-state index in [1.807, 2.05) is 7.05 Å². The summed E-state index contributed by atoms with van der Waals surface area (Å²) in [6, 6.07) is 1.67. The molecular weight excluding hydrogens is 272 g/mol. The highest BCUT2D eigenvalue weighted by Crippen LogP contribution is 2.22. The standard InChI is InChI=1S/C13H18N6O2/c1-19-4-3-8(7-19)15-13(20)16-11-5-10-9(6-14-11)12(21-2)18-17-10/h5-6,8H,3-4,7H2,1-2H3,(H,17,18)(H2,14,15,16,20)/t8-/m0/s1. The number of likely N-dealkylation sites (N-methyl/N-ethyl adjacent to an activating group) is 1. The zero-order valence-corrected chi connectivity index (χ0v) is 12.0. The van der Waals surface area contributed by atoms with Crippen LogP contribution in [0.1, 0.15) is 6.42 Å². The number of carbonyl (C=O) groups is 1. The Morgan fingerprint density at radius 2 is 2.43 bits per heavy atom. The van der Waals surface area contributed by atoms with E-state index in [4.69, 9.17) is 4.74 Å². The SMILES string of the molecule is COc1n[nH]c2cc(NC(=O)N[C@H]3CCN(C)C3)ncc12. The highest BCUT2D eigenvalue weighted by atomic mass is 16.5. The van der Waals surface area contributed by atoms with E-state index in [1.54, 1.807) is 19.4 Å². The van der Waals surface area contributed by atoms with Crippen molar-refractivity contribution in [3.8, 4) is 5.88 Å². The molecule has 0 saturated carbocycles. The largest absolute Gasteiger partial charge is 0.479 e. The number of hydrogen-bond acceptors (Lipinski definition) is 5. The average molecular weight is 290 g/mol. The van der Waals surface area contributed by atoms with Gasteiger partial charge in [-0.15, -0.1) is 5.10 Å². The third kappa shape index (κ3) is 2.89. The highest BCUT2D eigenvalue weighted by molar-refractivity contribution is 5.92. The van der Waals surface area contributed by atoms with Crippen molar-refractivity contribution in [2.45, 2.75) is 12.5 Å². The second kappa shape index (κ2) is 5.57. The fraction of sp³-hybridized carbons (Fsp3) is 0.462. The lowest BCUT2D eigenvalue weighted by Crippen LogP contribution is -2.39. The molecular formula is C13H18N6O2. The van der Waals surface area contributed by atoms with Crippen LogP contribution in [0.25, 0.3) is 10.9 Å². The Hall–Kier alpha value is -2.35. The molecule has 3 heterocycles. The van der Waals surface area contributed by atoms with Gasteiger partial charge in [0.15, 0.2) is 0 Å². The summed E-state index contributed by atoms with van der Waals surface area (Å²) in [6.45, 7) is 1.88. The Bertz CT molecular complexity index is 655. The number of aromatic amines is 1. The average Bonchev–Trinajstić information content (AvgIpc) is 3.04. The van der Waals surface area contributed by atoms with Crippen LogP contribution in [0.2, 0.25) is 0 Å². The first-order valence-corrected chi connectivity index (χ1v) is 6.80. The summed E-state index contributed by atoms with van der Waals surface area (Å²) in [4.78, 5) is 18.3. The molecule has 1 aliphatic heterocycles. The van der Waals surface area contributed by atoms with E-state index < -0.39 is 0 Å². The third-order valence-corrected chi connectivity index (χ3v) is 3.57. The zero-order chi connectivity index (χ0) is 14.8. The molecule has 3 rings (SSSR count). The molecule has 8 heteroatoms. The maximum Gasteiger partial charge on any atom is 0.320 e. The van der Waals surface area contributed by atoms with Crippen LogP contribution in [-0.2, 0) is 0 Å². The number of anilines is 1. The minimum absolute atomic E-state index is 0.186. The Morgan fingerprint density at radius 3 is 3.14 bits per heavy atom. The van der Waals surface area contributed by atoms with Crippen molar-refractivity contribution in [3.05, 3.63) is 12.3 Å². The summed E-state index contributed by atoms with van der Waals surface area (Å²) in [6.07, 6.45) is 2.59. The smallest absolute Gasteiger partial charge is 0.320 e. The molecule has 2 aromatic rings. The van der Waals surface area contributed by atoms with Crippen molar-refractivity contribution in [3.63, 3.8) is 0 Å². The number of pyridine rings is 1. The molecule has 0 unspecified atom stereocenters. The maximum absolute atomic E-state index is 11.9. The molecule has 112 valence electrons. The first-order valence-electron chi connectivity index (χ1n) is 6.80. The Kier molecular flexibility index (Phi) is 3.61. The lowest BCUT2D eigenvalue weighted by molar-refractivity contribution is 0.248. The van der Waals surface area contributed by atoms with Crippen LogP contribution in [0.15, 0.2) is 12.3 Å². The van der Waals surface area contributed by atoms with Crippen molar-refractivity contribution in [2.24, 2.45) is 0 Å². The highest BCUT2D eigenvalue weighted by Gasteiger charge is 2.21. The molecule has 8 nitrogen and oxygen atoms in total. The summed E-state index contributed by atoms with van der Waals surface area (Å²) >= 11 is 0. The van der Waals surface area contributed by atoms with Gasteiger partial charge in [0.25, 0.3) is 0 Å². The monoisotopic (exact) mass is 290 g/mol. The summed E-state index contributed by atoms with van der Waals surface area (Å²) in [5, 5.41) is 13.3. The van der Waals surface area contributed by atoms with E-state index in [-0.39, 0.29) is 12.1 Å². The number of amides is 2. The summed E-state index contributed by atoms with van der Waals surface area (Å²) in [5.41, 5.74) is 0.762.